The van der Waals surface area contributed by atoms with Crippen LogP contribution in [0.25, 0.3) is 0 Å². The van der Waals surface area contributed by atoms with Gasteiger partial charge in [0.05, 0.1) is 6.04 Å². The normalized spacial score (nSPS) is 21.4. The number of halogens is 1. The predicted molar refractivity (Wildman–Crippen MR) is 116 cm³/mol. The Morgan fingerprint density at radius 1 is 1.07 bits per heavy atom. The van der Waals surface area contributed by atoms with Crippen molar-refractivity contribution in [3.8, 4) is 0 Å². The van der Waals surface area contributed by atoms with Crippen molar-refractivity contribution in [3.63, 3.8) is 0 Å². The van der Waals surface area contributed by atoms with E-state index in [0.717, 1.165) is 41.0 Å². The molecule has 2 heterocycles. The molecular weight excluding hydrogens is 365 g/mol. The predicted octanol–water partition coefficient (Wildman–Crippen LogP) is 5.20. The van der Waals surface area contributed by atoms with Gasteiger partial charge in [0.1, 0.15) is 18.9 Å². The van der Waals surface area contributed by atoms with Crippen molar-refractivity contribution in [1.29, 1.82) is 0 Å². The van der Waals surface area contributed by atoms with Gasteiger partial charge in [0.15, 0.2) is 5.69 Å². The van der Waals surface area contributed by atoms with E-state index in [2.05, 4.69) is 29.4 Å². The molecule has 4 nitrogen and oxygen atoms in total. The van der Waals surface area contributed by atoms with Gasteiger partial charge in [0.25, 0.3) is 5.91 Å². The Hall–Kier alpha value is -2.24. The van der Waals surface area contributed by atoms with Crippen LogP contribution in [0.2, 0.25) is 0 Å². The van der Waals surface area contributed by atoms with Crippen molar-refractivity contribution in [2.24, 2.45) is 0 Å². The first kappa shape index (κ1) is 20.0. The van der Waals surface area contributed by atoms with Crippen molar-refractivity contribution < 1.29 is 9.18 Å². The van der Waals surface area contributed by atoms with Crippen LogP contribution in [-0.2, 0) is 0 Å². The smallest absolute Gasteiger partial charge is 0.256 e. The first-order valence-corrected chi connectivity index (χ1v) is 10.7. The Labute approximate surface area is 172 Å². The second kappa shape index (κ2) is 7.88. The molecule has 0 saturated carbocycles. The highest BCUT2D eigenvalue weighted by Crippen LogP contribution is 2.38. The average molecular weight is 397 g/mol. The fourth-order valence-electron chi connectivity index (χ4n) is 5.08. The lowest BCUT2D eigenvalue weighted by atomic mass is 10.1. The van der Waals surface area contributed by atoms with Crippen LogP contribution in [0, 0.1) is 19.7 Å². The van der Waals surface area contributed by atoms with E-state index in [1.165, 1.54) is 43.5 Å². The molecule has 0 unspecified atom stereocenters. The summed E-state index contributed by atoms with van der Waals surface area (Å²) in [6, 6.07) is 11.3. The summed E-state index contributed by atoms with van der Waals surface area (Å²) in [5, 5.41) is 5.64. The minimum absolute atomic E-state index is 0.268. The topological polar surface area (TPSA) is 32.3 Å². The third-order valence-corrected chi connectivity index (χ3v) is 6.70. The number of carbonyl (C=O) groups is 1. The number of hydrogen-bond acceptors (Lipinski definition) is 2. The largest absolute Gasteiger partial charge is 0.322 e. The van der Waals surface area contributed by atoms with Gasteiger partial charge in [-0.05, 0) is 62.9 Å². The summed E-state index contributed by atoms with van der Waals surface area (Å²) in [6.45, 7) is 9.65. The Morgan fingerprint density at radius 3 is 2.48 bits per heavy atom. The Bertz CT molecular complexity index is 920. The molecule has 1 amide bonds. The zero-order valence-corrected chi connectivity index (χ0v) is 17.7. The number of aryl methyl sites for hydroxylation is 2. The molecule has 2 fully saturated rings. The molecule has 2 aliphatic heterocycles. The monoisotopic (exact) mass is 396 g/mol. The summed E-state index contributed by atoms with van der Waals surface area (Å²) in [7, 11) is 0. The van der Waals surface area contributed by atoms with Gasteiger partial charge in [0.2, 0.25) is 0 Å². The van der Waals surface area contributed by atoms with Crippen LogP contribution in [0.3, 0.4) is 0 Å². The van der Waals surface area contributed by atoms with Crippen molar-refractivity contribution in [2.45, 2.75) is 52.5 Å². The van der Waals surface area contributed by atoms with Gasteiger partial charge >= 0.3 is 0 Å². The van der Waals surface area contributed by atoms with Gasteiger partial charge in [0, 0.05) is 42.8 Å². The van der Waals surface area contributed by atoms with Crippen molar-refractivity contribution in [1.82, 2.24) is 9.60 Å². The van der Waals surface area contributed by atoms with Gasteiger partial charge in [-0.1, -0.05) is 6.07 Å². The maximum atomic E-state index is 13.6. The van der Waals surface area contributed by atoms with Crippen LogP contribution in [0.5, 0.6) is 0 Å². The van der Waals surface area contributed by atoms with E-state index in [4.69, 9.17) is 0 Å². The second-order valence-corrected chi connectivity index (χ2v) is 8.64. The molecule has 29 heavy (non-hydrogen) atoms. The standard InChI is InChI=1S/C24H30FN3O/c1-17-8-9-20(25)16-22(17)24(29)26-23-11-10-21(15-18(23)2)28(13-4-5-14-28)27-12-6-7-19(27)3/h8-11,15-16,19H,4-7,12-14H2,1-3H3/p+1/t19-/m1/s1. The lowest BCUT2D eigenvalue weighted by Gasteiger charge is -2.43. The van der Waals surface area contributed by atoms with Gasteiger partial charge in [-0.15, -0.1) is 5.01 Å². The van der Waals surface area contributed by atoms with E-state index in [0.29, 0.717) is 11.6 Å². The highest BCUT2D eigenvalue weighted by Gasteiger charge is 2.45. The van der Waals surface area contributed by atoms with E-state index in [9.17, 15) is 9.18 Å². The number of benzene rings is 2. The van der Waals surface area contributed by atoms with Crippen LogP contribution in [0.15, 0.2) is 36.4 Å². The molecule has 0 spiro atoms. The molecule has 2 saturated heterocycles. The molecule has 1 N–H and O–H groups in total. The van der Waals surface area contributed by atoms with Crippen LogP contribution < -0.4 is 9.91 Å². The SMILES string of the molecule is Cc1cc([N+]2(N3CCC[C@H]3C)CCCC2)ccc1NC(=O)c1cc(F)ccc1C. The molecule has 4 rings (SSSR count). The fraction of sp³-hybridized carbons (Fsp3) is 0.458. The number of anilines is 1. The molecule has 0 bridgehead atoms. The molecule has 2 aliphatic rings. The Balaban J connectivity index is 1.61. The van der Waals surface area contributed by atoms with Crippen LogP contribution >= 0.6 is 0 Å². The van der Waals surface area contributed by atoms with Crippen molar-refractivity contribution in [3.05, 3.63) is 58.9 Å². The number of amides is 1. The Morgan fingerprint density at radius 2 is 1.83 bits per heavy atom. The maximum Gasteiger partial charge on any atom is 0.256 e. The van der Waals surface area contributed by atoms with E-state index >= 15 is 0 Å². The summed E-state index contributed by atoms with van der Waals surface area (Å²) in [5.41, 5.74) is 4.29. The van der Waals surface area contributed by atoms with Crippen LogP contribution in [0.4, 0.5) is 15.8 Å². The molecule has 0 aliphatic carbocycles. The minimum Gasteiger partial charge on any atom is -0.322 e. The number of carbonyl (C=O) groups excluding carboxylic acids is 1. The molecule has 1 atom stereocenters. The zero-order valence-electron chi connectivity index (χ0n) is 17.7. The fourth-order valence-corrected chi connectivity index (χ4v) is 5.08. The highest BCUT2D eigenvalue weighted by molar-refractivity contribution is 6.05. The quantitative estimate of drug-likeness (QED) is 0.721. The summed E-state index contributed by atoms with van der Waals surface area (Å²) >= 11 is 0. The van der Waals surface area contributed by atoms with Crippen molar-refractivity contribution in [2.75, 3.05) is 25.0 Å². The lowest BCUT2D eigenvalue weighted by Crippen LogP contribution is -2.61. The Kier molecular flexibility index (Phi) is 5.45. The van der Waals surface area contributed by atoms with E-state index in [1.807, 2.05) is 19.9 Å². The average Bonchev–Trinajstić information content (AvgIpc) is 3.35. The van der Waals surface area contributed by atoms with E-state index in [1.54, 1.807) is 6.07 Å². The molecule has 0 radical (unpaired) electrons. The summed E-state index contributed by atoms with van der Waals surface area (Å²) in [5.74, 6) is -0.663. The molecule has 0 aromatic heterocycles. The molecule has 154 valence electrons. The van der Waals surface area contributed by atoms with E-state index in [-0.39, 0.29) is 5.91 Å². The molecule has 2 aromatic carbocycles. The summed E-state index contributed by atoms with van der Waals surface area (Å²) < 4.78 is 14.5. The molecule has 5 heteroatoms. The summed E-state index contributed by atoms with van der Waals surface area (Å²) in [6.07, 6.45) is 5.03. The third-order valence-electron chi connectivity index (χ3n) is 6.70. The van der Waals surface area contributed by atoms with Gasteiger partial charge in [-0.3, -0.25) is 4.79 Å². The first-order chi connectivity index (χ1) is 13.9. The van der Waals surface area contributed by atoms with Crippen LogP contribution in [0.1, 0.15) is 54.1 Å². The zero-order chi connectivity index (χ0) is 20.6. The van der Waals surface area contributed by atoms with Crippen molar-refractivity contribution >= 4 is 17.3 Å². The number of nitrogens with one attached hydrogen (secondary N) is 1. The molecular formula is C24H31FN3O+. The number of quaternary nitrogens is 1. The van der Waals surface area contributed by atoms with Crippen LogP contribution in [-0.4, -0.2) is 36.6 Å². The number of nitrogens with zero attached hydrogens (tertiary/aromatic N) is 2. The number of rotatable bonds is 4. The molecule has 2 aromatic rings. The minimum atomic E-state index is -0.395. The second-order valence-electron chi connectivity index (χ2n) is 8.64. The lowest BCUT2D eigenvalue weighted by molar-refractivity contribution is -0.00237. The van der Waals surface area contributed by atoms with Gasteiger partial charge < -0.3 is 5.32 Å². The first-order valence-electron chi connectivity index (χ1n) is 10.7. The maximum absolute atomic E-state index is 13.6. The number of hydrogen-bond donors (Lipinski definition) is 1. The van der Waals surface area contributed by atoms with Gasteiger partial charge in [-0.2, -0.15) is 0 Å². The summed E-state index contributed by atoms with van der Waals surface area (Å²) in [4.78, 5) is 12.7. The third kappa shape index (κ3) is 3.69. The highest BCUT2D eigenvalue weighted by atomic mass is 19.1. The van der Waals surface area contributed by atoms with E-state index < -0.39 is 5.82 Å². The van der Waals surface area contributed by atoms with Gasteiger partial charge in [-0.25, -0.2) is 8.98 Å².